The van der Waals surface area contributed by atoms with Gasteiger partial charge in [0.15, 0.2) is 0 Å². The molecule has 0 radical (unpaired) electrons. The van der Waals surface area contributed by atoms with Gasteiger partial charge in [-0.3, -0.25) is 9.69 Å². The van der Waals surface area contributed by atoms with Crippen LogP contribution in [0, 0.1) is 13.8 Å². The Labute approximate surface area is 177 Å². The number of amides is 3. The van der Waals surface area contributed by atoms with Gasteiger partial charge in [-0.2, -0.15) is 0 Å². The van der Waals surface area contributed by atoms with Crippen molar-refractivity contribution in [2.24, 2.45) is 0 Å². The molecule has 1 aliphatic rings. The highest BCUT2D eigenvalue weighted by Crippen LogP contribution is 2.31. The summed E-state index contributed by atoms with van der Waals surface area (Å²) in [5.74, 6) is -0.148. The molecule has 4 heteroatoms. The molecule has 1 fully saturated rings. The van der Waals surface area contributed by atoms with E-state index in [-0.39, 0.29) is 18.0 Å². The van der Waals surface area contributed by atoms with Crippen molar-refractivity contribution in [2.75, 3.05) is 9.80 Å². The molecule has 152 valence electrons. The van der Waals surface area contributed by atoms with E-state index >= 15 is 0 Å². The summed E-state index contributed by atoms with van der Waals surface area (Å²) in [6.45, 7) is 4.01. The van der Waals surface area contributed by atoms with Gasteiger partial charge in [0.1, 0.15) is 0 Å². The number of carbonyl (C=O) groups excluding carboxylic acids is 2. The van der Waals surface area contributed by atoms with Crippen LogP contribution < -0.4 is 9.80 Å². The van der Waals surface area contributed by atoms with Crippen LogP contribution in [-0.2, 0) is 11.2 Å². The molecule has 3 aromatic carbocycles. The van der Waals surface area contributed by atoms with Gasteiger partial charge < -0.3 is 0 Å². The van der Waals surface area contributed by atoms with E-state index in [9.17, 15) is 9.59 Å². The lowest BCUT2D eigenvalue weighted by molar-refractivity contribution is -0.118. The van der Waals surface area contributed by atoms with E-state index in [1.165, 1.54) is 10.5 Å². The summed E-state index contributed by atoms with van der Waals surface area (Å²) in [5.41, 5.74) is 4.88. The third-order valence-electron chi connectivity index (χ3n) is 5.64. The molecule has 1 heterocycles. The van der Waals surface area contributed by atoms with Gasteiger partial charge in [-0.25, -0.2) is 9.69 Å². The molecule has 0 bridgehead atoms. The minimum atomic E-state index is -0.281. The highest BCUT2D eigenvalue weighted by molar-refractivity contribution is 6.22. The van der Waals surface area contributed by atoms with E-state index in [0.717, 1.165) is 29.7 Å². The molecule has 0 aliphatic carbocycles. The Kier molecular flexibility index (Phi) is 5.66. The van der Waals surface area contributed by atoms with Crippen LogP contribution in [0.3, 0.4) is 0 Å². The van der Waals surface area contributed by atoms with Crippen molar-refractivity contribution >= 4 is 23.3 Å². The van der Waals surface area contributed by atoms with Gasteiger partial charge in [0, 0.05) is 18.2 Å². The molecule has 4 rings (SSSR count). The summed E-state index contributed by atoms with van der Waals surface area (Å²) in [7, 11) is 0. The highest BCUT2D eigenvalue weighted by Gasteiger charge is 2.40. The number of aryl methyl sites for hydroxylation is 3. The number of hydrogen-bond donors (Lipinski definition) is 0. The number of benzene rings is 3. The average molecular weight is 399 g/mol. The monoisotopic (exact) mass is 398 g/mol. The minimum Gasteiger partial charge on any atom is -0.290 e. The van der Waals surface area contributed by atoms with Crippen molar-refractivity contribution in [3.05, 3.63) is 95.6 Å². The predicted molar refractivity (Wildman–Crippen MR) is 121 cm³/mol. The van der Waals surface area contributed by atoms with Crippen LogP contribution in [0.5, 0.6) is 0 Å². The topological polar surface area (TPSA) is 40.6 Å². The van der Waals surface area contributed by atoms with Gasteiger partial charge >= 0.3 is 6.03 Å². The average Bonchev–Trinajstić information content (AvgIpc) is 2.75. The molecule has 0 spiro atoms. The second kappa shape index (κ2) is 8.54. The zero-order chi connectivity index (χ0) is 21.1. The van der Waals surface area contributed by atoms with Crippen LogP contribution in [0.4, 0.5) is 16.2 Å². The Morgan fingerprint density at radius 2 is 1.33 bits per heavy atom. The fourth-order valence-electron chi connectivity index (χ4n) is 3.94. The fourth-order valence-corrected chi connectivity index (χ4v) is 3.94. The molecule has 3 amide bonds. The van der Waals surface area contributed by atoms with Crippen LogP contribution in [0.2, 0.25) is 0 Å². The molecule has 1 aliphatic heterocycles. The van der Waals surface area contributed by atoms with Crippen molar-refractivity contribution < 1.29 is 9.59 Å². The molecular weight excluding hydrogens is 372 g/mol. The first kappa shape index (κ1) is 19.9. The second-order valence-electron chi connectivity index (χ2n) is 7.94. The molecule has 0 saturated carbocycles. The summed E-state index contributed by atoms with van der Waals surface area (Å²) in [4.78, 5) is 29.7. The number of rotatable bonds is 5. The van der Waals surface area contributed by atoms with Gasteiger partial charge in [-0.05, 0) is 56.5 Å². The maximum atomic E-state index is 13.6. The van der Waals surface area contributed by atoms with Crippen molar-refractivity contribution in [1.82, 2.24) is 0 Å². The molecule has 1 atom stereocenters. The Morgan fingerprint density at radius 3 is 1.93 bits per heavy atom. The van der Waals surface area contributed by atoms with Gasteiger partial charge in [-0.1, -0.05) is 65.7 Å². The van der Waals surface area contributed by atoms with Crippen LogP contribution in [0.15, 0.2) is 78.9 Å². The number of urea groups is 1. The Hall–Kier alpha value is -3.40. The minimum absolute atomic E-state index is 0.148. The van der Waals surface area contributed by atoms with Crippen molar-refractivity contribution in [2.45, 2.75) is 39.2 Å². The van der Waals surface area contributed by atoms with E-state index in [1.54, 1.807) is 4.90 Å². The standard InChI is InChI=1S/C26H26N2O2/c1-19-8-13-22(14-9-19)27-24(17-12-21-6-4-3-5-7-21)18-25(29)28(26(27)30)23-15-10-20(2)11-16-23/h3-11,13-16,24H,12,17-18H2,1-2H3. The van der Waals surface area contributed by atoms with Crippen molar-refractivity contribution in [3.8, 4) is 0 Å². The SMILES string of the molecule is Cc1ccc(N2C(=O)CC(CCc3ccccc3)N(c3ccc(C)cc3)C2=O)cc1. The maximum absolute atomic E-state index is 13.6. The van der Waals surface area contributed by atoms with Gasteiger partial charge in [0.25, 0.3) is 0 Å². The first-order valence-corrected chi connectivity index (χ1v) is 10.4. The molecule has 0 aromatic heterocycles. The largest absolute Gasteiger partial charge is 0.336 e. The molecule has 3 aromatic rings. The highest BCUT2D eigenvalue weighted by atomic mass is 16.2. The Bertz CT molecular complexity index is 1030. The lowest BCUT2D eigenvalue weighted by Gasteiger charge is -2.40. The van der Waals surface area contributed by atoms with Gasteiger partial charge in [0.05, 0.1) is 5.69 Å². The predicted octanol–water partition coefficient (Wildman–Crippen LogP) is 5.67. The lowest BCUT2D eigenvalue weighted by atomic mass is 9.98. The molecule has 30 heavy (non-hydrogen) atoms. The quantitative estimate of drug-likeness (QED) is 0.556. The smallest absolute Gasteiger partial charge is 0.290 e. The second-order valence-corrected chi connectivity index (χ2v) is 7.94. The van der Waals surface area contributed by atoms with E-state index in [0.29, 0.717) is 12.1 Å². The van der Waals surface area contributed by atoms with Crippen molar-refractivity contribution in [3.63, 3.8) is 0 Å². The number of nitrogens with zero attached hydrogens (tertiary/aromatic N) is 2. The molecule has 1 unspecified atom stereocenters. The van der Waals surface area contributed by atoms with Crippen LogP contribution >= 0.6 is 0 Å². The zero-order valence-corrected chi connectivity index (χ0v) is 17.4. The van der Waals surface area contributed by atoms with Crippen molar-refractivity contribution in [1.29, 1.82) is 0 Å². The number of hydrogen-bond acceptors (Lipinski definition) is 2. The number of imide groups is 1. The summed E-state index contributed by atoms with van der Waals surface area (Å²) < 4.78 is 0. The van der Waals surface area contributed by atoms with E-state index in [2.05, 4.69) is 12.1 Å². The summed E-state index contributed by atoms with van der Waals surface area (Å²) in [6, 6.07) is 25.2. The first-order valence-electron chi connectivity index (χ1n) is 10.4. The van der Waals surface area contributed by atoms with E-state index in [4.69, 9.17) is 0 Å². The Balaban J connectivity index is 1.65. The number of anilines is 2. The summed E-state index contributed by atoms with van der Waals surface area (Å²) in [6.07, 6.45) is 1.86. The van der Waals surface area contributed by atoms with Crippen LogP contribution in [0.25, 0.3) is 0 Å². The summed E-state index contributed by atoms with van der Waals surface area (Å²) in [5, 5.41) is 0. The van der Waals surface area contributed by atoms with E-state index in [1.807, 2.05) is 80.6 Å². The van der Waals surface area contributed by atoms with Gasteiger partial charge in [-0.15, -0.1) is 0 Å². The van der Waals surface area contributed by atoms with Crippen LogP contribution in [-0.4, -0.2) is 18.0 Å². The summed E-state index contributed by atoms with van der Waals surface area (Å²) >= 11 is 0. The fraction of sp³-hybridized carbons (Fsp3) is 0.231. The third-order valence-corrected chi connectivity index (χ3v) is 5.64. The van der Waals surface area contributed by atoms with Crippen LogP contribution in [0.1, 0.15) is 29.5 Å². The molecule has 0 N–H and O–H groups in total. The molecular formula is C26H26N2O2. The van der Waals surface area contributed by atoms with E-state index < -0.39 is 0 Å². The Morgan fingerprint density at radius 1 is 0.767 bits per heavy atom. The number of carbonyl (C=O) groups is 2. The first-order chi connectivity index (χ1) is 14.5. The zero-order valence-electron chi connectivity index (χ0n) is 17.4. The lowest BCUT2D eigenvalue weighted by Crippen LogP contribution is -2.57. The van der Waals surface area contributed by atoms with Gasteiger partial charge in [0.2, 0.25) is 5.91 Å². The third kappa shape index (κ3) is 4.13. The molecule has 1 saturated heterocycles. The molecule has 4 nitrogen and oxygen atoms in total. The normalized spacial score (nSPS) is 16.8. The maximum Gasteiger partial charge on any atom is 0.336 e.